The highest BCUT2D eigenvalue weighted by Gasteiger charge is 2.32. The molecule has 2 heterocycles. The molecule has 114 valence electrons. The number of hydrogen-bond donors (Lipinski definition) is 1. The zero-order chi connectivity index (χ0) is 14.2. The van der Waals surface area contributed by atoms with Gasteiger partial charge in [0.25, 0.3) is 0 Å². The summed E-state index contributed by atoms with van der Waals surface area (Å²) < 4.78 is 7.31. The first-order chi connectivity index (χ1) is 10.3. The van der Waals surface area contributed by atoms with E-state index in [0.29, 0.717) is 18.2 Å². The van der Waals surface area contributed by atoms with Gasteiger partial charge in [0.05, 0.1) is 12.7 Å². The van der Waals surface area contributed by atoms with Crippen LogP contribution < -0.4 is 5.32 Å². The van der Waals surface area contributed by atoms with Crippen LogP contribution in [0.3, 0.4) is 0 Å². The van der Waals surface area contributed by atoms with Gasteiger partial charge in [0.2, 0.25) is 0 Å². The largest absolute Gasteiger partial charge is 0.374 e. The molecular weight excluding hydrogens is 328 g/mol. The molecule has 3 unspecified atom stereocenters. The number of benzene rings is 1. The maximum atomic E-state index is 6.05. The van der Waals surface area contributed by atoms with Crippen molar-refractivity contribution in [1.82, 2.24) is 10.2 Å². The third-order valence-electron chi connectivity index (χ3n) is 5.27. The SMILES string of the molecule is Brc1cccc2c1CCC2NCC1CN2CCCC2CO1. The van der Waals surface area contributed by atoms with E-state index in [9.17, 15) is 0 Å². The van der Waals surface area contributed by atoms with Gasteiger partial charge in [-0.3, -0.25) is 4.90 Å². The fourth-order valence-corrected chi connectivity index (χ4v) is 4.68. The van der Waals surface area contributed by atoms with E-state index in [1.54, 1.807) is 0 Å². The van der Waals surface area contributed by atoms with Gasteiger partial charge in [-0.2, -0.15) is 0 Å². The second-order valence-electron chi connectivity index (χ2n) is 6.55. The average Bonchev–Trinajstić information content (AvgIpc) is 3.12. The summed E-state index contributed by atoms with van der Waals surface area (Å²) in [5, 5.41) is 3.74. The average molecular weight is 351 g/mol. The van der Waals surface area contributed by atoms with Gasteiger partial charge < -0.3 is 10.1 Å². The minimum absolute atomic E-state index is 0.357. The molecule has 21 heavy (non-hydrogen) atoms. The molecule has 4 heteroatoms. The molecule has 1 aromatic carbocycles. The van der Waals surface area contributed by atoms with Gasteiger partial charge >= 0.3 is 0 Å². The van der Waals surface area contributed by atoms with Crippen LogP contribution in [0.25, 0.3) is 0 Å². The molecule has 3 nitrogen and oxygen atoms in total. The Labute approximate surface area is 135 Å². The summed E-state index contributed by atoms with van der Waals surface area (Å²) in [6.45, 7) is 4.28. The van der Waals surface area contributed by atoms with Crippen molar-refractivity contribution in [1.29, 1.82) is 0 Å². The number of rotatable bonds is 3. The summed E-state index contributed by atoms with van der Waals surface area (Å²) in [4.78, 5) is 2.62. The Hall–Kier alpha value is -0.420. The number of fused-ring (bicyclic) bond motifs is 2. The third-order valence-corrected chi connectivity index (χ3v) is 6.01. The lowest BCUT2D eigenvalue weighted by molar-refractivity contribution is -0.0478. The molecule has 0 radical (unpaired) electrons. The van der Waals surface area contributed by atoms with Crippen LogP contribution in [0.5, 0.6) is 0 Å². The number of hydrogen-bond acceptors (Lipinski definition) is 3. The molecule has 4 rings (SSSR count). The Morgan fingerprint density at radius 3 is 3.24 bits per heavy atom. The number of nitrogens with one attached hydrogen (secondary N) is 1. The van der Waals surface area contributed by atoms with Crippen molar-refractivity contribution in [3.8, 4) is 0 Å². The van der Waals surface area contributed by atoms with E-state index in [-0.39, 0.29) is 0 Å². The highest BCUT2D eigenvalue weighted by molar-refractivity contribution is 9.10. The lowest BCUT2D eigenvalue weighted by Crippen LogP contribution is -2.49. The maximum absolute atomic E-state index is 6.05. The fraction of sp³-hybridized carbons (Fsp3) is 0.647. The van der Waals surface area contributed by atoms with Crippen molar-refractivity contribution >= 4 is 15.9 Å². The molecule has 0 aromatic heterocycles. The van der Waals surface area contributed by atoms with Gasteiger partial charge in [0, 0.05) is 29.6 Å². The molecule has 1 aliphatic carbocycles. The van der Waals surface area contributed by atoms with Crippen LogP contribution in [0.4, 0.5) is 0 Å². The molecular formula is C17H23BrN2O. The van der Waals surface area contributed by atoms with Crippen LogP contribution in [-0.2, 0) is 11.2 Å². The number of morpholine rings is 1. The summed E-state index contributed by atoms with van der Waals surface area (Å²) >= 11 is 3.67. The predicted molar refractivity (Wildman–Crippen MR) is 87.5 cm³/mol. The zero-order valence-electron chi connectivity index (χ0n) is 12.4. The molecule has 0 saturated carbocycles. The Balaban J connectivity index is 1.35. The predicted octanol–water partition coefficient (Wildman–Crippen LogP) is 2.89. The topological polar surface area (TPSA) is 24.5 Å². The van der Waals surface area contributed by atoms with Crippen LogP contribution in [0.1, 0.15) is 36.4 Å². The molecule has 2 aliphatic heterocycles. The molecule has 0 spiro atoms. The lowest BCUT2D eigenvalue weighted by atomic mass is 10.1. The summed E-state index contributed by atoms with van der Waals surface area (Å²) in [5.74, 6) is 0. The van der Waals surface area contributed by atoms with Crippen LogP contribution >= 0.6 is 15.9 Å². The highest BCUT2D eigenvalue weighted by Crippen LogP contribution is 2.35. The van der Waals surface area contributed by atoms with E-state index >= 15 is 0 Å². The Morgan fingerprint density at radius 1 is 1.33 bits per heavy atom. The van der Waals surface area contributed by atoms with Crippen molar-refractivity contribution in [3.63, 3.8) is 0 Å². The second kappa shape index (κ2) is 5.99. The third kappa shape index (κ3) is 2.79. The summed E-state index contributed by atoms with van der Waals surface area (Å²) in [5.41, 5.74) is 2.96. The second-order valence-corrected chi connectivity index (χ2v) is 7.41. The zero-order valence-corrected chi connectivity index (χ0v) is 13.9. The van der Waals surface area contributed by atoms with Gasteiger partial charge in [-0.25, -0.2) is 0 Å². The first-order valence-corrected chi connectivity index (χ1v) is 8.97. The maximum Gasteiger partial charge on any atom is 0.0827 e. The van der Waals surface area contributed by atoms with Gasteiger partial charge in [0.15, 0.2) is 0 Å². The standard InChI is InChI=1S/C17H23BrN2O/c18-16-5-1-4-15-14(16)6-7-17(15)19-9-13-10-20-8-2-3-12(20)11-21-13/h1,4-5,12-13,17,19H,2-3,6-11H2. The van der Waals surface area contributed by atoms with E-state index in [0.717, 1.165) is 19.7 Å². The van der Waals surface area contributed by atoms with Crippen LogP contribution in [-0.4, -0.2) is 43.3 Å². The van der Waals surface area contributed by atoms with Crippen molar-refractivity contribution in [3.05, 3.63) is 33.8 Å². The van der Waals surface area contributed by atoms with Crippen molar-refractivity contribution < 1.29 is 4.74 Å². The van der Waals surface area contributed by atoms with Gasteiger partial charge in [0.1, 0.15) is 0 Å². The van der Waals surface area contributed by atoms with E-state index in [1.165, 1.54) is 47.8 Å². The normalized spacial score (nSPS) is 32.1. The van der Waals surface area contributed by atoms with Crippen molar-refractivity contribution in [2.45, 2.75) is 43.9 Å². The molecule has 0 bridgehead atoms. The van der Waals surface area contributed by atoms with E-state index in [4.69, 9.17) is 4.74 Å². The minimum Gasteiger partial charge on any atom is -0.374 e. The van der Waals surface area contributed by atoms with E-state index in [1.807, 2.05) is 0 Å². The van der Waals surface area contributed by atoms with Crippen LogP contribution in [0.2, 0.25) is 0 Å². The highest BCUT2D eigenvalue weighted by atomic mass is 79.9. The van der Waals surface area contributed by atoms with Crippen molar-refractivity contribution in [2.75, 3.05) is 26.2 Å². The Bertz CT molecular complexity index is 522. The number of ether oxygens (including phenoxy) is 1. The quantitative estimate of drug-likeness (QED) is 0.906. The first kappa shape index (κ1) is 14.2. The molecule has 0 amide bonds. The molecule has 2 saturated heterocycles. The molecule has 3 atom stereocenters. The van der Waals surface area contributed by atoms with Crippen LogP contribution in [0, 0.1) is 0 Å². The van der Waals surface area contributed by atoms with Crippen molar-refractivity contribution in [2.24, 2.45) is 0 Å². The summed E-state index contributed by atoms with van der Waals surface area (Å²) in [6.07, 6.45) is 5.41. The van der Waals surface area contributed by atoms with E-state index in [2.05, 4.69) is 44.3 Å². The van der Waals surface area contributed by atoms with Gasteiger partial charge in [-0.05, 0) is 49.4 Å². The summed E-state index contributed by atoms with van der Waals surface area (Å²) in [7, 11) is 0. The Morgan fingerprint density at radius 2 is 2.29 bits per heavy atom. The van der Waals surface area contributed by atoms with Gasteiger partial charge in [-0.15, -0.1) is 0 Å². The monoisotopic (exact) mass is 350 g/mol. The first-order valence-electron chi connectivity index (χ1n) is 8.17. The Kier molecular flexibility index (Phi) is 4.05. The minimum atomic E-state index is 0.357. The smallest absolute Gasteiger partial charge is 0.0827 e. The van der Waals surface area contributed by atoms with Crippen LogP contribution in [0.15, 0.2) is 22.7 Å². The molecule has 2 fully saturated rings. The molecule has 1 aromatic rings. The summed E-state index contributed by atoms with van der Waals surface area (Å²) in [6, 6.07) is 7.76. The van der Waals surface area contributed by atoms with E-state index < -0.39 is 0 Å². The lowest BCUT2D eigenvalue weighted by Gasteiger charge is -2.35. The molecule has 1 N–H and O–H groups in total. The number of halogens is 1. The fourth-order valence-electron chi connectivity index (χ4n) is 4.10. The van der Waals surface area contributed by atoms with Gasteiger partial charge in [-0.1, -0.05) is 28.1 Å². The number of nitrogens with zero attached hydrogens (tertiary/aromatic N) is 1. The molecule has 3 aliphatic rings.